The third kappa shape index (κ3) is 3.80. The van der Waals surface area contributed by atoms with Gasteiger partial charge in [0.05, 0.1) is 5.69 Å². The molecule has 0 saturated carbocycles. The number of likely N-dealkylation sites (N-methyl/N-ethyl adjacent to an activating group) is 1. The number of rotatable bonds is 4. The fourth-order valence-corrected chi connectivity index (χ4v) is 4.36. The van der Waals surface area contributed by atoms with Crippen LogP contribution in [0.25, 0.3) is 0 Å². The highest BCUT2D eigenvalue weighted by atomic mass is 32.2. The van der Waals surface area contributed by atoms with Crippen LogP contribution in [0.4, 0.5) is 5.69 Å². The Bertz CT molecular complexity index is 736. The van der Waals surface area contributed by atoms with E-state index in [9.17, 15) is 13.2 Å². The minimum Gasteiger partial charge on any atom is -0.368 e. The van der Waals surface area contributed by atoms with Crippen LogP contribution in [0.2, 0.25) is 0 Å². The Morgan fingerprint density at radius 2 is 1.68 bits per heavy atom. The minimum atomic E-state index is -3.65. The lowest BCUT2D eigenvalue weighted by Gasteiger charge is -2.35. The Balaban J connectivity index is 1.96. The third-order valence-corrected chi connectivity index (χ3v) is 6.45. The third-order valence-electron chi connectivity index (χ3n) is 5.00. The molecule has 0 bridgehead atoms. The van der Waals surface area contributed by atoms with Crippen molar-refractivity contribution < 1.29 is 13.2 Å². The summed E-state index contributed by atoms with van der Waals surface area (Å²) in [5.41, 5.74) is 1.11. The van der Waals surface area contributed by atoms with E-state index in [-0.39, 0.29) is 10.8 Å². The first-order chi connectivity index (χ1) is 11.9. The van der Waals surface area contributed by atoms with Crippen molar-refractivity contribution in [2.75, 3.05) is 58.3 Å². The zero-order valence-corrected chi connectivity index (χ0v) is 15.7. The lowest BCUT2D eigenvalue weighted by atomic mass is 10.1. The molecule has 138 valence electrons. The molecule has 25 heavy (non-hydrogen) atoms. The molecule has 3 rings (SSSR count). The SMILES string of the molecule is CNS(=O)(=O)c1cc(C(=O)N2CCCC2)ccc1N1CCN(C)CC1. The van der Waals surface area contributed by atoms with Crippen LogP contribution in [0.15, 0.2) is 23.1 Å². The van der Waals surface area contributed by atoms with Gasteiger partial charge in [0.2, 0.25) is 10.0 Å². The van der Waals surface area contributed by atoms with Crippen molar-refractivity contribution in [2.24, 2.45) is 0 Å². The van der Waals surface area contributed by atoms with E-state index in [4.69, 9.17) is 0 Å². The molecular weight excluding hydrogens is 340 g/mol. The second-order valence-corrected chi connectivity index (χ2v) is 8.53. The number of nitrogens with one attached hydrogen (secondary N) is 1. The summed E-state index contributed by atoms with van der Waals surface area (Å²) in [5, 5.41) is 0. The van der Waals surface area contributed by atoms with E-state index in [0.29, 0.717) is 11.3 Å². The predicted octanol–water partition coefficient (Wildman–Crippen LogP) is 0.583. The van der Waals surface area contributed by atoms with Gasteiger partial charge in [-0.3, -0.25) is 4.79 Å². The van der Waals surface area contributed by atoms with E-state index < -0.39 is 10.0 Å². The first-order valence-corrected chi connectivity index (χ1v) is 10.2. The molecule has 1 N–H and O–H groups in total. The summed E-state index contributed by atoms with van der Waals surface area (Å²) in [7, 11) is -0.190. The van der Waals surface area contributed by atoms with E-state index >= 15 is 0 Å². The maximum atomic E-state index is 12.6. The van der Waals surface area contributed by atoms with Crippen LogP contribution < -0.4 is 9.62 Å². The predicted molar refractivity (Wildman–Crippen MR) is 97.5 cm³/mol. The van der Waals surface area contributed by atoms with E-state index in [1.807, 2.05) is 0 Å². The van der Waals surface area contributed by atoms with Crippen molar-refractivity contribution in [3.8, 4) is 0 Å². The standard InChI is InChI=1S/C17H26N4O3S/c1-18-25(23,24)16-13-14(17(22)21-7-3-4-8-21)5-6-15(16)20-11-9-19(2)10-12-20/h5-6,13,18H,3-4,7-12H2,1-2H3. The number of anilines is 1. The van der Waals surface area contributed by atoms with Gasteiger partial charge in [0, 0.05) is 44.8 Å². The highest BCUT2D eigenvalue weighted by molar-refractivity contribution is 7.89. The van der Waals surface area contributed by atoms with Gasteiger partial charge in [-0.2, -0.15) is 0 Å². The smallest absolute Gasteiger partial charge is 0.253 e. The number of carbonyl (C=O) groups is 1. The van der Waals surface area contributed by atoms with Crippen molar-refractivity contribution in [1.82, 2.24) is 14.5 Å². The van der Waals surface area contributed by atoms with Crippen molar-refractivity contribution in [3.63, 3.8) is 0 Å². The first-order valence-electron chi connectivity index (χ1n) is 8.73. The molecule has 1 aromatic rings. The molecule has 2 aliphatic heterocycles. The summed E-state index contributed by atoms with van der Waals surface area (Å²) in [6.45, 7) is 4.78. The van der Waals surface area contributed by atoms with Crippen molar-refractivity contribution >= 4 is 21.6 Å². The summed E-state index contributed by atoms with van der Waals surface area (Å²) in [6.07, 6.45) is 2.01. The number of hydrogen-bond acceptors (Lipinski definition) is 5. The second kappa shape index (κ2) is 7.31. The number of likely N-dealkylation sites (tertiary alicyclic amines) is 1. The number of piperazine rings is 1. The Hall–Kier alpha value is -1.64. The summed E-state index contributed by atoms with van der Waals surface area (Å²) < 4.78 is 27.5. The first kappa shape index (κ1) is 18.2. The van der Waals surface area contributed by atoms with Gasteiger partial charge in [0.25, 0.3) is 5.91 Å². The van der Waals surface area contributed by atoms with E-state index in [2.05, 4.69) is 21.6 Å². The number of hydrogen-bond donors (Lipinski definition) is 1. The number of sulfonamides is 1. The zero-order valence-electron chi connectivity index (χ0n) is 14.9. The lowest BCUT2D eigenvalue weighted by Crippen LogP contribution is -2.45. The Morgan fingerprint density at radius 1 is 1.04 bits per heavy atom. The molecule has 1 aromatic carbocycles. The highest BCUT2D eigenvalue weighted by Crippen LogP contribution is 2.28. The largest absolute Gasteiger partial charge is 0.368 e. The normalized spacial score (nSPS) is 19.4. The molecule has 0 unspecified atom stereocenters. The molecular formula is C17H26N4O3S. The van der Waals surface area contributed by atoms with Crippen molar-refractivity contribution in [2.45, 2.75) is 17.7 Å². The van der Waals surface area contributed by atoms with Crippen LogP contribution in [0, 0.1) is 0 Å². The Kier molecular flexibility index (Phi) is 5.31. The van der Waals surface area contributed by atoms with Gasteiger partial charge in [0.1, 0.15) is 4.90 Å². The maximum Gasteiger partial charge on any atom is 0.253 e. The van der Waals surface area contributed by atoms with Crippen LogP contribution in [0.1, 0.15) is 23.2 Å². The number of benzene rings is 1. The molecule has 0 atom stereocenters. The summed E-state index contributed by atoms with van der Waals surface area (Å²) >= 11 is 0. The van der Waals surface area contributed by atoms with Gasteiger partial charge in [0.15, 0.2) is 0 Å². The van der Waals surface area contributed by atoms with Gasteiger partial charge in [-0.15, -0.1) is 0 Å². The fourth-order valence-electron chi connectivity index (χ4n) is 3.38. The lowest BCUT2D eigenvalue weighted by molar-refractivity contribution is 0.0792. The van der Waals surface area contributed by atoms with Gasteiger partial charge < -0.3 is 14.7 Å². The molecule has 0 spiro atoms. The van der Waals surface area contributed by atoms with E-state index in [1.165, 1.54) is 13.1 Å². The van der Waals surface area contributed by atoms with E-state index in [1.54, 1.807) is 17.0 Å². The number of amides is 1. The summed E-state index contributed by atoms with van der Waals surface area (Å²) in [4.78, 5) is 18.9. The van der Waals surface area contributed by atoms with Gasteiger partial charge in [-0.1, -0.05) is 0 Å². The zero-order chi connectivity index (χ0) is 18.0. The van der Waals surface area contributed by atoms with Gasteiger partial charge in [-0.25, -0.2) is 13.1 Å². The minimum absolute atomic E-state index is 0.0880. The molecule has 0 radical (unpaired) electrons. The van der Waals surface area contributed by atoms with Crippen LogP contribution >= 0.6 is 0 Å². The monoisotopic (exact) mass is 366 g/mol. The molecule has 2 saturated heterocycles. The van der Waals surface area contributed by atoms with Gasteiger partial charge >= 0.3 is 0 Å². The number of carbonyl (C=O) groups excluding carboxylic acids is 1. The van der Waals surface area contributed by atoms with Crippen LogP contribution in [-0.2, 0) is 10.0 Å². The Morgan fingerprint density at radius 3 is 2.28 bits per heavy atom. The second-order valence-electron chi connectivity index (χ2n) is 6.68. The maximum absolute atomic E-state index is 12.6. The molecule has 1 amide bonds. The molecule has 2 heterocycles. The highest BCUT2D eigenvalue weighted by Gasteiger charge is 2.26. The van der Waals surface area contributed by atoms with Crippen LogP contribution in [-0.4, -0.2) is 77.5 Å². The van der Waals surface area contributed by atoms with Crippen LogP contribution in [0.3, 0.4) is 0 Å². The average molecular weight is 366 g/mol. The molecule has 0 aromatic heterocycles. The fraction of sp³-hybridized carbons (Fsp3) is 0.588. The van der Waals surface area contributed by atoms with Gasteiger partial charge in [-0.05, 0) is 45.1 Å². The molecule has 0 aliphatic carbocycles. The molecule has 2 aliphatic rings. The van der Waals surface area contributed by atoms with Crippen molar-refractivity contribution in [1.29, 1.82) is 0 Å². The van der Waals surface area contributed by atoms with E-state index in [0.717, 1.165) is 52.1 Å². The van der Waals surface area contributed by atoms with Crippen molar-refractivity contribution in [3.05, 3.63) is 23.8 Å². The topological polar surface area (TPSA) is 73.0 Å². The number of nitrogens with zero attached hydrogens (tertiary/aromatic N) is 3. The quantitative estimate of drug-likeness (QED) is 0.844. The molecule has 8 heteroatoms. The van der Waals surface area contributed by atoms with Crippen LogP contribution in [0.5, 0.6) is 0 Å². The summed E-state index contributed by atoms with van der Waals surface area (Å²) in [5.74, 6) is -0.0880. The molecule has 2 fully saturated rings. The summed E-state index contributed by atoms with van der Waals surface area (Å²) in [6, 6.07) is 5.06. The Labute approximate surface area is 149 Å². The average Bonchev–Trinajstić information content (AvgIpc) is 3.16. The molecule has 7 nitrogen and oxygen atoms in total.